The molecule has 1 aliphatic heterocycles. The minimum atomic E-state index is -0.321. The molecule has 1 saturated heterocycles. The molecular formula is C15H17ClN2O2. The molecule has 1 atom stereocenters. The van der Waals surface area contributed by atoms with Crippen LogP contribution in [-0.2, 0) is 16.1 Å². The van der Waals surface area contributed by atoms with Crippen LogP contribution >= 0.6 is 11.6 Å². The maximum atomic E-state index is 12.2. The van der Waals surface area contributed by atoms with Gasteiger partial charge in [-0.05, 0) is 37.0 Å². The Morgan fingerprint density at radius 3 is 2.60 bits per heavy atom. The van der Waals surface area contributed by atoms with Crippen LogP contribution in [0.15, 0.2) is 24.3 Å². The Labute approximate surface area is 123 Å². The van der Waals surface area contributed by atoms with Crippen molar-refractivity contribution < 1.29 is 9.59 Å². The van der Waals surface area contributed by atoms with Crippen molar-refractivity contribution in [3.8, 4) is 0 Å². The lowest BCUT2D eigenvalue weighted by molar-refractivity contribution is -0.135. The van der Waals surface area contributed by atoms with E-state index in [2.05, 4.69) is 5.32 Å². The zero-order valence-electron chi connectivity index (χ0n) is 11.1. The van der Waals surface area contributed by atoms with Gasteiger partial charge in [0.2, 0.25) is 11.8 Å². The highest BCUT2D eigenvalue weighted by Gasteiger charge is 2.37. The number of rotatable bonds is 4. The number of halogens is 1. The van der Waals surface area contributed by atoms with E-state index < -0.39 is 0 Å². The van der Waals surface area contributed by atoms with Gasteiger partial charge in [-0.2, -0.15) is 0 Å². The molecule has 20 heavy (non-hydrogen) atoms. The van der Waals surface area contributed by atoms with Crippen LogP contribution in [0.2, 0.25) is 5.02 Å². The molecule has 2 amide bonds. The molecule has 0 unspecified atom stereocenters. The number of likely N-dealkylation sites (tertiary alicyclic amines) is 1. The van der Waals surface area contributed by atoms with Crippen LogP contribution in [0, 0.1) is 0 Å². The predicted molar refractivity (Wildman–Crippen MR) is 76.2 cm³/mol. The van der Waals surface area contributed by atoms with Gasteiger partial charge in [-0.3, -0.25) is 9.59 Å². The molecule has 3 rings (SSSR count). The summed E-state index contributed by atoms with van der Waals surface area (Å²) in [6.45, 7) is 0.471. The van der Waals surface area contributed by atoms with Crippen LogP contribution in [-0.4, -0.2) is 28.8 Å². The maximum Gasteiger partial charge on any atom is 0.243 e. The standard InChI is InChI=1S/C15H17ClN2O2/c16-11-3-1-10(2-4-11)9-18-13(7-8-14(18)19)15(20)17-12-5-6-12/h1-4,12-13H,5-9H2,(H,17,20)/t13-/m1/s1. The Bertz CT molecular complexity index is 525. The second kappa shape index (κ2) is 5.44. The van der Waals surface area contributed by atoms with Crippen molar-refractivity contribution in [3.63, 3.8) is 0 Å². The van der Waals surface area contributed by atoms with Crippen molar-refractivity contribution >= 4 is 23.4 Å². The van der Waals surface area contributed by atoms with Gasteiger partial charge in [-0.25, -0.2) is 0 Å². The molecule has 2 fully saturated rings. The Morgan fingerprint density at radius 1 is 1.25 bits per heavy atom. The topological polar surface area (TPSA) is 49.4 Å². The van der Waals surface area contributed by atoms with E-state index in [1.807, 2.05) is 12.1 Å². The molecule has 1 N–H and O–H groups in total. The normalized spacial score (nSPS) is 22.1. The van der Waals surface area contributed by atoms with E-state index in [0.29, 0.717) is 30.5 Å². The van der Waals surface area contributed by atoms with Crippen LogP contribution in [0.1, 0.15) is 31.2 Å². The van der Waals surface area contributed by atoms with Crippen LogP contribution in [0.3, 0.4) is 0 Å². The molecule has 1 heterocycles. The average molecular weight is 293 g/mol. The van der Waals surface area contributed by atoms with Crippen molar-refractivity contribution in [2.75, 3.05) is 0 Å². The third kappa shape index (κ3) is 2.96. The summed E-state index contributed by atoms with van der Waals surface area (Å²) >= 11 is 5.86. The Balaban J connectivity index is 1.69. The Hall–Kier alpha value is -1.55. The minimum absolute atomic E-state index is 0.00712. The monoisotopic (exact) mass is 292 g/mol. The molecule has 5 heteroatoms. The molecule has 0 spiro atoms. The molecule has 4 nitrogen and oxygen atoms in total. The van der Waals surface area contributed by atoms with Gasteiger partial charge in [-0.1, -0.05) is 23.7 Å². The van der Waals surface area contributed by atoms with Gasteiger partial charge in [-0.15, -0.1) is 0 Å². The summed E-state index contributed by atoms with van der Waals surface area (Å²) in [7, 11) is 0. The summed E-state index contributed by atoms with van der Waals surface area (Å²) in [6.07, 6.45) is 3.19. The third-order valence-corrected chi connectivity index (χ3v) is 4.07. The lowest BCUT2D eigenvalue weighted by atomic mass is 10.1. The lowest BCUT2D eigenvalue weighted by Crippen LogP contribution is -2.45. The average Bonchev–Trinajstić information content (AvgIpc) is 3.16. The van der Waals surface area contributed by atoms with Gasteiger partial charge >= 0.3 is 0 Å². The SMILES string of the molecule is O=C(NC1CC1)[C@H]1CCC(=O)N1Cc1ccc(Cl)cc1. The van der Waals surface area contributed by atoms with Crippen molar-refractivity contribution in [3.05, 3.63) is 34.9 Å². The molecule has 0 radical (unpaired) electrons. The number of hydrogen-bond acceptors (Lipinski definition) is 2. The van der Waals surface area contributed by atoms with E-state index in [1.165, 1.54) is 0 Å². The second-order valence-electron chi connectivity index (χ2n) is 5.49. The summed E-state index contributed by atoms with van der Waals surface area (Å²) in [5, 5.41) is 3.66. The molecular weight excluding hydrogens is 276 g/mol. The van der Waals surface area contributed by atoms with E-state index in [9.17, 15) is 9.59 Å². The molecule has 1 aromatic carbocycles. The highest BCUT2D eigenvalue weighted by Crippen LogP contribution is 2.24. The lowest BCUT2D eigenvalue weighted by Gasteiger charge is -2.24. The van der Waals surface area contributed by atoms with Crippen LogP contribution in [0.5, 0.6) is 0 Å². The van der Waals surface area contributed by atoms with Gasteiger partial charge in [0.25, 0.3) is 0 Å². The summed E-state index contributed by atoms with van der Waals surface area (Å²) in [4.78, 5) is 25.8. The van der Waals surface area contributed by atoms with Crippen molar-refractivity contribution in [2.24, 2.45) is 0 Å². The van der Waals surface area contributed by atoms with E-state index in [1.54, 1.807) is 17.0 Å². The van der Waals surface area contributed by atoms with Crippen LogP contribution < -0.4 is 5.32 Å². The van der Waals surface area contributed by atoms with Crippen LogP contribution in [0.25, 0.3) is 0 Å². The molecule has 106 valence electrons. The first kappa shape index (κ1) is 13.4. The van der Waals surface area contributed by atoms with Crippen LogP contribution in [0.4, 0.5) is 0 Å². The summed E-state index contributed by atoms with van der Waals surface area (Å²) in [6, 6.07) is 7.40. The van der Waals surface area contributed by atoms with Crippen molar-refractivity contribution in [1.29, 1.82) is 0 Å². The van der Waals surface area contributed by atoms with E-state index in [0.717, 1.165) is 18.4 Å². The third-order valence-electron chi connectivity index (χ3n) is 3.82. The number of amides is 2. The maximum absolute atomic E-state index is 12.2. The molecule has 1 aliphatic carbocycles. The van der Waals surface area contributed by atoms with Crippen molar-refractivity contribution in [2.45, 2.75) is 44.3 Å². The first-order valence-electron chi connectivity index (χ1n) is 6.98. The van der Waals surface area contributed by atoms with Gasteiger partial charge < -0.3 is 10.2 Å². The first-order valence-corrected chi connectivity index (χ1v) is 7.35. The van der Waals surface area contributed by atoms with E-state index in [-0.39, 0.29) is 17.9 Å². The van der Waals surface area contributed by atoms with Gasteiger partial charge in [0.1, 0.15) is 6.04 Å². The number of carbonyl (C=O) groups excluding carboxylic acids is 2. The van der Waals surface area contributed by atoms with Crippen molar-refractivity contribution in [1.82, 2.24) is 10.2 Å². The summed E-state index contributed by atoms with van der Waals surface area (Å²) in [5.41, 5.74) is 0.994. The Morgan fingerprint density at radius 2 is 1.95 bits per heavy atom. The first-order chi connectivity index (χ1) is 9.63. The number of nitrogens with zero attached hydrogens (tertiary/aromatic N) is 1. The smallest absolute Gasteiger partial charge is 0.243 e. The molecule has 1 aromatic rings. The number of hydrogen-bond donors (Lipinski definition) is 1. The molecule has 0 aromatic heterocycles. The highest BCUT2D eigenvalue weighted by molar-refractivity contribution is 6.30. The second-order valence-corrected chi connectivity index (χ2v) is 5.92. The highest BCUT2D eigenvalue weighted by atomic mass is 35.5. The fourth-order valence-electron chi connectivity index (χ4n) is 2.52. The zero-order valence-corrected chi connectivity index (χ0v) is 11.9. The molecule has 1 saturated carbocycles. The molecule has 2 aliphatic rings. The number of nitrogens with one attached hydrogen (secondary N) is 1. The Kier molecular flexibility index (Phi) is 3.66. The van der Waals surface area contributed by atoms with Gasteiger partial charge in [0.05, 0.1) is 0 Å². The number of benzene rings is 1. The van der Waals surface area contributed by atoms with Gasteiger partial charge in [0.15, 0.2) is 0 Å². The van der Waals surface area contributed by atoms with E-state index in [4.69, 9.17) is 11.6 Å². The molecule has 0 bridgehead atoms. The zero-order chi connectivity index (χ0) is 14.1. The summed E-state index contributed by atoms with van der Waals surface area (Å²) in [5.74, 6) is 0.0446. The fraction of sp³-hybridized carbons (Fsp3) is 0.467. The predicted octanol–water partition coefficient (Wildman–Crippen LogP) is 2.11. The van der Waals surface area contributed by atoms with E-state index >= 15 is 0 Å². The van der Waals surface area contributed by atoms with Gasteiger partial charge in [0, 0.05) is 24.0 Å². The summed E-state index contributed by atoms with van der Waals surface area (Å²) < 4.78 is 0. The minimum Gasteiger partial charge on any atom is -0.352 e. The number of carbonyl (C=O) groups is 2. The quantitative estimate of drug-likeness (QED) is 0.924. The largest absolute Gasteiger partial charge is 0.352 e. The fourth-order valence-corrected chi connectivity index (χ4v) is 2.64.